The number of anilines is 1. The molecule has 2 aromatic carbocycles. The van der Waals surface area contributed by atoms with E-state index in [1.807, 2.05) is 40.3 Å². The number of piperidine rings is 1. The van der Waals surface area contributed by atoms with E-state index in [1.54, 1.807) is 39.2 Å². The van der Waals surface area contributed by atoms with Gasteiger partial charge < -0.3 is 19.5 Å². The molecule has 4 aromatic rings. The summed E-state index contributed by atoms with van der Waals surface area (Å²) in [5, 5.41) is 6.14. The fraction of sp³-hybridized carbons (Fsp3) is 0.424. The van der Waals surface area contributed by atoms with Gasteiger partial charge in [-0.15, -0.1) is 11.3 Å². The van der Waals surface area contributed by atoms with Crippen molar-refractivity contribution in [3.8, 4) is 5.75 Å². The van der Waals surface area contributed by atoms with Crippen LogP contribution in [-0.2, 0) is 26.9 Å². The number of amides is 1. The number of carbonyl (C=O) groups is 1. The highest BCUT2D eigenvalue weighted by molar-refractivity contribution is 7.92. The second kappa shape index (κ2) is 13.3. The SMILES string of the molecule is COc1cc(C)c(S(=O)(=O)Nc2cccc3ccn(CCC(=O)NCCN4CCC(c5cccs5)(N(C)C)CC4)c23)c(C)c1. The molecule has 2 N–H and O–H groups in total. The monoisotopic (exact) mass is 637 g/mol. The number of ether oxygens (including phenoxy) is 1. The number of fused-ring (bicyclic) bond motifs is 1. The lowest BCUT2D eigenvalue weighted by Gasteiger charge is -2.45. The summed E-state index contributed by atoms with van der Waals surface area (Å²) >= 11 is 1.83. The molecule has 0 radical (unpaired) electrons. The van der Waals surface area contributed by atoms with E-state index in [4.69, 9.17) is 4.74 Å². The van der Waals surface area contributed by atoms with Gasteiger partial charge in [0, 0.05) is 55.6 Å². The minimum atomic E-state index is -3.87. The molecule has 0 unspecified atom stereocenters. The lowest BCUT2D eigenvalue weighted by atomic mass is 9.84. The number of para-hydroxylation sites is 1. The van der Waals surface area contributed by atoms with E-state index < -0.39 is 10.0 Å². The number of aryl methyl sites for hydroxylation is 3. The molecule has 2 aromatic heterocycles. The molecule has 1 amide bonds. The second-order valence-electron chi connectivity index (χ2n) is 11.8. The van der Waals surface area contributed by atoms with Crippen molar-refractivity contribution < 1.29 is 17.9 Å². The summed E-state index contributed by atoms with van der Waals surface area (Å²) in [6.07, 6.45) is 4.33. The van der Waals surface area contributed by atoms with Gasteiger partial charge in [-0.05, 0) is 87.6 Å². The molecule has 9 nitrogen and oxygen atoms in total. The Kier molecular flexibility index (Phi) is 9.69. The van der Waals surface area contributed by atoms with Crippen LogP contribution in [0.4, 0.5) is 5.69 Å². The molecule has 1 saturated heterocycles. The van der Waals surface area contributed by atoms with Crippen molar-refractivity contribution in [2.45, 2.75) is 50.1 Å². The van der Waals surface area contributed by atoms with Crippen LogP contribution >= 0.6 is 11.3 Å². The summed E-state index contributed by atoms with van der Waals surface area (Å²) < 4.78 is 37.1. The number of rotatable bonds is 12. The number of nitrogens with one attached hydrogen (secondary N) is 2. The van der Waals surface area contributed by atoms with Crippen LogP contribution in [0.3, 0.4) is 0 Å². The fourth-order valence-electron chi connectivity index (χ4n) is 6.45. The summed E-state index contributed by atoms with van der Waals surface area (Å²) in [5.74, 6) is 0.595. The van der Waals surface area contributed by atoms with E-state index in [-0.39, 0.29) is 16.3 Å². The van der Waals surface area contributed by atoms with Gasteiger partial charge in [0.25, 0.3) is 10.0 Å². The highest BCUT2D eigenvalue weighted by Gasteiger charge is 2.38. The summed E-state index contributed by atoms with van der Waals surface area (Å²) in [7, 11) is 2.03. The smallest absolute Gasteiger partial charge is 0.262 e. The molecule has 1 aliphatic heterocycles. The van der Waals surface area contributed by atoms with Gasteiger partial charge in [0.05, 0.1) is 28.7 Å². The average Bonchev–Trinajstić information content (AvgIpc) is 3.67. The maximum Gasteiger partial charge on any atom is 0.262 e. The zero-order valence-electron chi connectivity index (χ0n) is 26.2. The van der Waals surface area contributed by atoms with Crippen LogP contribution in [0, 0.1) is 13.8 Å². The molecule has 0 atom stereocenters. The summed E-state index contributed by atoms with van der Waals surface area (Å²) in [6, 6.07) is 15.3. The van der Waals surface area contributed by atoms with Gasteiger partial charge in [0.15, 0.2) is 0 Å². The lowest BCUT2D eigenvalue weighted by molar-refractivity contribution is -0.121. The first-order valence-corrected chi connectivity index (χ1v) is 17.4. The molecule has 3 heterocycles. The Morgan fingerprint density at radius 2 is 1.77 bits per heavy atom. The van der Waals surface area contributed by atoms with Crippen LogP contribution in [0.5, 0.6) is 5.75 Å². The quantitative estimate of drug-likeness (QED) is 0.222. The first-order chi connectivity index (χ1) is 21.0. The van der Waals surface area contributed by atoms with Crippen LogP contribution < -0.4 is 14.8 Å². The van der Waals surface area contributed by atoms with Crippen LogP contribution in [-0.4, -0.2) is 76.1 Å². The fourth-order valence-corrected chi connectivity index (χ4v) is 9.03. The van der Waals surface area contributed by atoms with Gasteiger partial charge in [-0.3, -0.25) is 14.4 Å². The number of thiophene rings is 1. The maximum atomic E-state index is 13.5. The van der Waals surface area contributed by atoms with Crippen molar-refractivity contribution in [2.24, 2.45) is 0 Å². The minimum absolute atomic E-state index is 0.0207. The highest BCUT2D eigenvalue weighted by atomic mass is 32.2. The zero-order chi connectivity index (χ0) is 31.5. The third kappa shape index (κ3) is 6.66. The summed E-state index contributed by atoms with van der Waals surface area (Å²) in [5.41, 5.74) is 2.53. The van der Waals surface area contributed by atoms with E-state index in [0.717, 1.165) is 43.4 Å². The van der Waals surface area contributed by atoms with Gasteiger partial charge in [0.2, 0.25) is 5.91 Å². The van der Waals surface area contributed by atoms with Crippen molar-refractivity contribution >= 4 is 43.9 Å². The zero-order valence-corrected chi connectivity index (χ0v) is 27.9. The molecular formula is C33H43N5O4S2. The first kappa shape index (κ1) is 32.0. The van der Waals surface area contributed by atoms with Gasteiger partial charge in [-0.2, -0.15) is 0 Å². The minimum Gasteiger partial charge on any atom is -0.497 e. The maximum absolute atomic E-state index is 13.5. The second-order valence-corrected chi connectivity index (χ2v) is 14.4. The number of aromatic nitrogens is 1. The molecule has 44 heavy (non-hydrogen) atoms. The Morgan fingerprint density at radius 3 is 2.41 bits per heavy atom. The largest absolute Gasteiger partial charge is 0.497 e. The van der Waals surface area contributed by atoms with Gasteiger partial charge in [-0.1, -0.05) is 18.2 Å². The Balaban J connectivity index is 1.17. The average molecular weight is 638 g/mol. The van der Waals surface area contributed by atoms with Crippen LogP contribution in [0.2, 0.25) is 0 Å². The first-order valence-electron chi connectivity index (χ1n) is 15.0. The van der Waals surface area contributed by atoms with Crippen molar-refractivity contribution in [2.75, 3.05) is 52.1 Å². The highest BCUT2D eigenvalue weighted by Crippen LogP contribution is 2.39. The number of benzene rings is 2. The molecule has 236 valence electrons. The number of hydrogen-bond donors (Lipinski definition) is 2. The summed E-state index contributed by atoms with van der Waals surface area (Å²) in [4.78, 5) is 19.3. The van der Waals surface area contributed by atoms with Crippen LogP contribution in [0.15, 0.2) is 65.0 Å². The summed E-state index contributed by atoms with van der Waals surface area (Å²) in [6.45, 7) is 7.38. The number of methoxy groups -OCH3 is 1. The molecule has 0 bridgehead atoms. The van der Waals surface area contributed by atoms with Crippen molar-refractivity contribution in [1.29, 1.82) is 0 Å². The van der Waals surface area contributed by atoms with Crippen LogP contribution in [0.25, 0.3) is 10.9 Å². The number of nitrogens with zero attached hydrogens (tertiary/aromatic N) is 3. The van der Waals surface area contributed by atoms with E-state index >= 15 is 0 Å². The Bertz CT molecular complexity index is 1680. The Hall–Kier alpha value is -3.38. The molecule has 0 spiro atoms. The number of carbonyl (C=O) groups excluding carboxylic acids is 1. The number of sulfonamides is 1. The predicted octanol–water partition coefficient (Wildman–Crippen LogP) is 5.19. The van der Waals surface area contributed by atoms with E-state index in [1.165, 1.54) is 4.88 Å². The molecular weight excluding hydrogens is 595 g/mol. The van der Waals surface area contributed by atoms with Crippen LogP contribution in [0.1, 0.15) is 35.3 Å². The standard InChI is InChI=1S/C33H43N5O4S2/c1-24-22-27(42-5)23-25(2)32(24)44(40,41)35-28-9-6-8-26-11-16-38(31(26)28)17-12-30(39)34-15-20-37-18-13-33(14-19-37,36(3)4)29-10-7-21-43-29/h6-11,16,21-23,35H,12-15,17-20H2,1-5H3,(H,34,39). The third-order valence-corrected chi connectivity index (χ3v) is 11.6. The molecule has 11 heteroatoms. The van der Waals surface area contributed by atoms with Gasteiger partial charge in [0.1, 0.15) is 5.75 Å². The van der Waals surface area contributed by atoms with E-state index in [0.29, 0.717) is 42.1 Å². The third-order valence-electron chi connectivity index (χ3n) is 8.82. The van der Waals surface area contributed by atoms with Gasteiger partial charge in [-0.25, -0.2) is 8.42 Å². The van der Waals surface area contributed by atoms with Crippen molar-refractivity contribution in [1.82, 2.24) is 19.7 Å². The number of likely N-dealkylation sites (tertiary alicyclic amines) is 1. The molecule has 0 saturated carbocycles. The van der Waals surface area contributed by atoms with Crippen molar-refractivity contribution in [3.63, 3.8) is 0 Å². The predicted molar refractivity (Wildman–Crippen MR) is 178 cm³/mol. The molecule has 1 aliphatic rings. The van der Waals surface area contributed by atoms with E-state index in [9.17, 15) is 13.2 Å². The Labute approximate surface area is 264 Å². The van der Waals surface area contributed by atoms with E-state index in [2.05, 4.69) is 51.4 Å². The lowest BCUT2D eigenvalue weighted by Crippen LogP contribution is -2.51. The topological polar surface area (TPSA) is 95.9 Å². The van der Waals surface area contributed by atoms with Crippen molar-refractivity contribution in [3.05, 3.63) is 76.1 Å². The number of hydrogen-bond acceptors (Lipinski definition) is 7. The molecule has 5 rings (SSSR count). The molecule has 1 fully saturated rings. The Morgan fingerprint density at radius 1 is 1.05 bits per heavy atom. The van der Waals surface area contributed by atoms with Gasteiger partial charge >= 0.3 is 0 Å². The molecule has 0 aliphatic carbocycles. The normalized spacial score (nSPS) is 15.5.